The summed E-state index contributed by atoms with van der Waals surface area (Å²) in [6.45, 7) is 4.63. The number of aryl methyl sites for hydroxylation is 2. The molecule has 0 radical (unpaired) electrons. The van der Waals surface area contributed by atoms with Crippen molar-refractivity contribution in [2.45, 2.75) is 20.5 Å². The van der Waals surface area contributed by atoms with Crippen LogP contribution in [-0.2, 0) is 6.61 Å². The number of pyridine rings is 1. The third-order valence-corrected chi connectivity index (χ3v) is 2.84. The second-order valence-corrected chi connectivity index (χ2v) is 5.00. The summed E-state index contributed by atoms with van der Waals surface area (Å²) in [4.78, 5) is 4.27. The number of hydrogen-bond donors (Lipinski definition) is 0. The Balaban J connectivity index is 2.04. The van der Waals surface area contributed by atoms with Gasteiger partial charge in [0.05, 0.1) is 5.69 Å². The Kier molecular flexibility index (Phi) is 3.79. The minimum atomic E-state index is 0.496. The van der Waals surface area contributed by atoms with Crippen LogP contribution >= 0.6 is 15.9 Å². The van der Waals surface area contributed by atoms with Crippen molar-refractivity contribution >= 4 is 15.9 Å². The predicted molar refractivity (Wildman–Crippen MR) is 72.2 cm³/mol. The van der Waals surface area contributed by atoms with Crippen LogP contribution in [0.2, 0.25) is 0 Å². The Bertz CT molecular complexity index is 488. The molecule has 0 atom stereocenters. The lowest BCUT2D eigenvalue weighted by molar-refractivity contribution is 0.301. The normalized spacial score (nSPS) is 10.3. The van der Waals surface area contributed by atoms with Crippen molar-refractivity contribution in [1.29, 1.82) is 0 Å². The van der Waals surface area contributed by atoms with E-state index in [1.54, 1.807) is 6.20 Å². The topological polar surface area (TPSA) is 22.1 Å². The van der Waals surface area contributed by atoms with Gasteiger partial charge in [0.1, 0.15) is 12.4 Å². The zero-order valence-electron chi connectivity index (χ0n) is 9.90. The molecule has 1 aromatic carbocycles. The van der Waals surface area contributed by atoms with Gasteiger partial charge in [-0.25, -0.2) is 0 Å². The van der Waals surface area contributed by atoms with Crippen LogP contribution in [0.3, 0.4) is 0 Å². The summed E-state index contributed by atoms with van der Waals surface area (Å²) in [6, 6.07) is 10.1. The molecule has 0 fully saturated rings. The number of hydrogen-bond acceptors (Lipinski definition) is 2. The summed E-state index contributed by atoms with van der Waals surface area (Å²) >= 11 is 3.36. The van der Waals surface area contributed by atoms with Crippen molar-refractivity contribution in [3.05, 3.63) is 57.8 Å². The largest absolute Gasteiger partial charge is 0.487 e. The smallest absolute Gasteiger partial charge is 0.130 e. The lowest BCUT2D eigenvalue weighted by atomic mass is 10.1. The van der Waals surface area contributed by atoms with Crippen molar-refractivity contribution in [3.8, 4) is 5.75 Å². The number of ether oxygens (including phenoxy) is 1. The monoisotopic (exact) mass is 291 g/mol. The summed E-state index contributed by atoms with van der Waals surface area (Å²) in [5.41, 5.74) is 3.35. The molecule has 0 aliphatic carbocycles. The average Bonchev–Trinajstić information content (AvgIpc) is 2.27. The number of aromatic nitrogens is 1. The highest BCUT2D eigenvalue weighted by Gasteiger charge is 1.99. The fraction of sp³-hybridized carbons (Fsp3) is 0.214. The van der Waals surface area contributed by atoms with Crippen LogP contribution in [0, 0.1) is 13.8 Å². The molecular weight excluding hydrogens is 278 g/mol. The van der Waals surface area contributed by atoms with Gasteiger partial charge in [0.25, 0.3) is 0 Å². The number of halogens is 1. The molecule has 0 saturated heterocycles. The molecule has 0 amide bonds. The first kappa shape index (κ1) is 12.1. The number of benzene rings is 1. The molecule has 1 aromatic heterocycles. The highest BCUT2D eigenvalue weighted by Crippen LogP contribution is 2.17. The molecule has 0 aliphatic heterocycles. The van der Waals surface area contributed by atoms with Gasteiger partial charge < -0.3 is 4.74 Å². The zero-order chi connectivity index (χ0) is 12.3. The minimum Gasteiger partial charge on any atom is -0.487 e. The molecule has 3 heteroatoms. The second kappa shape index (κ2) is 5.32. The van der Waals surface area contributed by atoms with Crippen molar-refractivity contribution in [2.24, 2.45) is 0 Å². The summed E-state index contributed by atoms with van der Waals surface area (Å²) in [7, 11) is 0. The van der Waals surface area contributed by atoms with E-state index in [9.17, 15) is 0 Å². The number of rotatable bonds is 3. The summed E-state index contributed by atoms with van der Waals surface area (Å²) in [6.07, 6.45) is 1.78. The first-order valence-corrected chi connectivity index (χ1v) is 6.24. The van der Waals surface area contributed by atoms with Crippen LogP contribution in [-0.4, -0.2) is 4.98 Å². The van der Waals surface area contributed by atoms with E-state index < -0.39 is 0 Å². The Morgan fingerprint density at radius 3 is 2.41 bits per heavy atom. The second-order valence-electron chi connectivity index (χ2n) is 4.08. The molecule has 0 unspecified atom stereocenters. The first-order valence-electron chi connectivity index (χ1n) is 5.45. The van der Waals surface area contributed by atoms with E-state index in [1.807, 2.05) is 24.3 Å². The maximum atomic E-state index is 5.72. The molecule has 2 nitrogen and oxygen atoms in total. The van der Waals surface area contributed by atoms with Crippen molar-refractivity contribution < 1.29 is 4.74 Å². The molecule has 0 bridgehead atoms. The van der Waals surface area contributed by atoms with Gasteiger partial charge in [0.15, 0.2) is 0 Å². The van der Waals surface area contributed by atoms with E-state index in [0.29, 0.717) is 6.61 Å². The fourth-order valence-corrected chi connectivity index (χ4v) is 1.90. The van der Waals surface area contributed by atoms with Gasteiger partial charge in [0.2, 0.25) is 0 Å². The van der Waals surface area contributed by atoms with E-state index >= 15 is 0 Å². The highest BCUT2D eigenvalue weighted by atomic mass is 79.9. The van der Waals surface area contributed by atoms with Crippen LogP contribution in [0.25, 0.3) is 0 Å². The molecular formula is C14H14BrNO. The first-order chi connectivity index (χ1) is 8.13. The van der Waals surface area contributed by atoms with E-state index in [-0.39, 0.29) is 0 Å². The molecule has 0 aliphatic rings. The summed E-state index contributed by atoms with van der Waals surface area (Å²) in [5.74, 6) is 0.896. The highest BCUT2D eigenvalue weighted by molar-refractivity contribution is 9.10. The fourth-order valence-electron chi connectivity index (χ4n) is 1.67. The Hall–Kier alpha value is -1.35. The molecule has 0 N–H and O–H groups in total. The van der Waals surface area contributed by atoms with Gasteiger partial charge in [-0.05, 0) is 65.2 Å². The molecule has 1 heterocycles. The minimum absolute atomic E-state index is 0.496. The van der Waals surface area contributed by atoms with Gasteiger partial charge in [-0.3, -0.25) is 4.98 Å². The molecule has 88 valence electrons. The third-order valence-electron chi connectivity index (χ3n) is 2.37. The quantitative estimate of drug-likeness (QED) is 0.851. The maximum absolute atomic E-state index is 5.72. The Morgan fingerprint density at radius 2 is 1.82 bits per heavy atom. The van der Waals surface area contributed by atoms with Crippen molar-refractivity contribution in [3.63, 3.8) is 0 Å². The molecule has 17 heavy (non-hydrogen) atoms. The van der Waals surface area contributed by atoms with Crippen molar-refractivity contribution in [1.82, 2.24) is 4.98 Å². The van der Waals surface area contributed by atoms with Crippen LogP contribution < -0.4 is 4.74 Å². The number of nitrogens with zero attached hydrogens (tertiary/aromatic N) is 1. The van der Waals surface area contributed by atoms with Crippen LogP contribution in [0.1, 0.15) is 16.8 Å². The van der Waals surface area contributed by atoms with E-state index in [2.05, 4.69) is 40.8 Å². The Labute approximate surface area is 110 Å². The third kappa shape index (κ3) is 3.56. The summed E-state index contributed by atoms with van der Waals surface area (Å²) in [5, 5.41) is 0. The zero-order valence-corrected chi connectivity index (χ0v) is 11.5. The molecule has 0 spiro atoms. The van der Waals surface area contributed by atoms with Crippen LogP contribution in [0.15, 0.2) is 41.0 Å². The van der Waals surface area contributed by atoms with Gasteiger partial charge in [0, 0.05) is 10.7 Å². The van der Waals surface area contributed by atoms with Gasteiger partial charge >= 0.3 is 0 Å². The average molecular weight is 292 g/mol. The van der Waals surface area contributed by atoms with E-state index in [1.165, 1.54) is 11.1 Å². The summed E-state index contributed by atoms with van der Waals surface area (Å²) < 4.78 is 6.70. The van der Waals surface area contributed by atoms with E-state index in [4.69, 9.17) is 4.74 Å². The molecule has 0 saturated carbocycles. The predicted octanol–water partition coefficient (Wildman–Crippen LogP) is 4.04. The van der Waals surface area contributed by atoms with Crippen LogP contribution in [0.4, 0.5) is 0 Å². The van der Waals surface area contributed by atoms with Gasteiger partial charge in [-0.1, -0.05) is 6.07 Å². The van der Waals surface area contributed by atoms with Crippen LogP contribution in [0.5, 0.6) is 5.75 Å². The maximum Gasteiger partial charge on any atom is 0.130 e. The lowest BCUT2D eigenvalue weighted by Crippen LogP contribution is -1.98. The lowest BCUT2D eigenvalue weighted by Gasteiger charge is -2.07. The molecule has 2 aromatic rings. The Morgan fingerprint density at radius 1 is 1.12 bits per heavy atom. The van der Waals surface area contributed by atoms with E-state index in [0.717, 1.165) is 15.9 Å². The van der Waals surface area contributed by atoms with Gasteiger partial charge in [-0.15, -0.1) is 0 Å². The van der Waals surface area contributed by atoms with Gasteiger partial charge in [-0.2, -0.15) is 0 Å². The standard InChI is InChI=1S/C14H14BrNO/c1-10-5-11(2)7-14(6-10)17-9-13-4-3-12(15)8-16-13/h3-8H,9H2,1-2H3. The van der Waals surface area contributed by atoms with Crippen molar-refractivity contribution in [2.75, 3.05) is 0 Å². The SMILES string of the molecule is Cc1cc(C)cc(OCc2ccc(Br)cn2)c1. The molecule has 2 rings (SSSR count).